The van der Waals surface area contributed by atoms with Gasteiger partial charge in [-0.15, -0.1) is 0 Å². The van der Waals surface area contributed by atoms with Crippen LogP contribution in [-0.4, -0.2) is 44.6 Å². The third kappa shape index (κ3) is 3.49. The van der Waals surface area contributed by atoms with Gasteiger partial charge in [-0.3, -0.25) is 4.79 Å². The van der Waals surface area contributed by atoms with E-state index in [4.69, 9.17) is 5.11 Å². The Hall–Kier alpha value is -2.05. The summed E-state index contributed by atoms with van der Waals surface area (Å²) in [7, 11) is 0. The number of nitrogens with zero attached hydrogens (tertiary/aromatic N) is 3. The molecule has 1 aromatic heterocycles. The number of nitrogens with one attached hydrogen (secondary N) is 1. The van der Waals surface area contributed by atoms with E-state index >= 15 is 0 Å². The number of carbonyl (C=O) groups excluding carboxylic acids is 1. The summed E-state index contributed by atoms with van der Waals surface area (Å²) in [5.41, 5.74) is 0. The Balaban J connectivity index is 1.70. The number of aliphatic carboxylic acids is 1. The monoisotopic (exact) mass is 280 g/mol. The summed E-state index contributed by atoms with van der Waals surface area (Å²) in [6.07, 6.45) is 4.89. The number of carboxylic acids is 1. The lowest BCUT2D eigenvalue weighted by Crippen LogP contribution is -2.44. The molecule has 1 aliphatic heterocycles. The second kappa shape index (κ2) is 6.40. The summed E-state index contributed by atoms with van der Waals surface area (Å²) < 4.78 is 2.04. The Morgan fingerprint density at radius 1 is 1.50 bits per heavy atom. The van der Waals surface area contributed by atoms with E-state index in [1.807, 2.05) is 10.8 Å². The van der Waals surface area contributed by atoms with Crippen molar-refractivity contribution < 1.29 is 14.7 Å². The first kappa shape index (κ1) is 14.4. The molecule has 0 radical (unpaired) electrons. The molecule has 1 unspecified atom stereocenters. The molecule has 110 valence electrons. The van der Waals surface area contributed by atoms with Crippen LogP contribution in [0.1, 0.15) is 25.6 Å². The number of imidazole rings is 1. The van der Waals surface area contributed by atoms with E-state index in [2.05, 4.69) is 10.3 Å². The predicted molar refractivity (Wildman–Crippen MR) is 72.1 cm³/mol. The van der Waals surface area contributed by atoms with Crippen LogP contribution in [0.15, 0.2) is 12.4 Å². The van der Waals surface area contributed by atoms with Crippen LogP contribution >= 0.6 is 0 Å². The Labute approximate surface area is 117 Å². The fourth-order valence-corrected chi connectivity index (χ4v) is 2.19. The number of rotatable bonds is 5. The quantitative estimate of drug-likeness (QED) is 0.785. The van der Waals surface area contributed by atoms with Crippen LogP contribution in [0.3, 0.4) is 0 Å². The maximum atomic E-state index is 12.0. The maximum absolute atomic E-state index is 12.0. The highest BCUT2D eigenvalue weighted by Gasteiger charge is 2.20. The van der Waals surface area contributed by atoms with Crippen LogP contribution in [0.4, 0.5) is 4.79 Å². The highest BCUT2D eigenvalue weighted by Crippen LogP contribution is 2.10. The van der Waals surface area contributed by atoms with Crippen LogP contribution in [-0.2, 0) is 17.9 Å². The van der Waals surface area contributed by atoms with Crippen LogP contribution < -0.4 is 5.32 Å². The molecular formula is C13H20N4O3. The zero-order chi connectivity index (χ0) is 14.5. The predicted octanol–water partition coefficient (Wildman–Crippen LogP) is 0.909. The van der Waals surface area contributed by atoms with E-state index < -0.39 is 5.97 Å². The molecule has 1 atom stereocenters. The maximum Gasteiger partial charge on any atom is 0.317 e. The molecule has 2 N–H and O–H groups in total. The van der Waals surface area contributed by atoms with Gasteiger partial charge in [0.05, 0.1) is 12.5 Å². The molecule has 0 fully saturated rings. The minimum atomic E-state index is -0.792. The van der Waals surface area contributed by atoms with Gasteiger partial charge in [0.15, 0.2) is 0 Å². The molecule has 0 bridgehead atoms. The first-order valence-corrected chi connectivity index (χ1v) is 6.83. The lowest BCUT2D eigenvalue weighted by atomic mass is 10.1. The first-order chi connectivity index (χ1) is 9.58. The average molecular weight is 280 g/mol. The van der Waals surface area contributed by atoms with Crippen LogP contribution in [0.25, 0.3) is 0 Å². The number of carbonyl (C=O) groups is 2. The molecule has 0 spiro atoms. The van der Waals surface area contributed by atoms with Crippen molar-refractivity contribution in [2.45, 2.75) is 32.9 Å². The fourth-order valence-electron chi connectivity index (χ4n) is 2.19. The van der Waals surface area contributed by atoms with Gasteiger partial charge in [0.1, 0.15) is 5.82 Å². The van der Waals surface area contributed by atoms with Crippen molar-refractivity contribution in [2.75, 3.05) is 13.1 Å². The molecule has 0 saturated heterocycles. The minimum absolute atomic E-state index is 0.109. The van der Waals surface area contributed by atoms with Crippen molar-refractivity contribution in [1.82, 2.24) is 19.8 Å². The number of hydrogen-bond acceptors (Lipinski definition) is 3. The molecule has 7 nitrogen and oxygen atoms in total. The zero-order valence-corrected chi connectivity index (χ0v) is 11.6. The molecular weight excluding hydrogens is 260 g/mol. The van der Waals surface area contributed by atoms with Crippen LogP contribution in [0.5, 0.6) is 0 Å². The van der Waals surface area contributed by atoms with E-state index in [0.29, 0.717) is 32.5 Å². The summed E-state index contributed by atoms with van der Waals surface area (Å²) >= 11 is 0. The highest BCUT2D eigenvalue weighted by atomic mass is 16.4. The van der Waals surface area contributed by atoms with Crippen molar-refractivity contribution >= 4 is 12.0 Å². The number of carboxylic acid groups (broad SMARTS) is 1. The lowest BCUT2D eigenvalue weighted by Gasteiger charge is -2.27. The van der Waals surface area contributed by atoms with Crippen molar-refractivity contribution in [1.29, 1.82) is 0 Å². The van der Waals surface area contributed by atoms with Crippen molar-refractivity contribution in [3.63, 3.8) is 0 Å². The van der Waals surface area contributed by atoms with E-state index in [-0.39, 0.29) is 11.9 Å². The Morgan fingerprint density at radius 2 is 2.30 bits per heavy atom. The Bertz CT molecular complexity index is 486. The first-order valence-electron chi connectivity index (χ1n) is 6.83. The standard InChI is InChI=1S/C13H20N4O3/c1-10(12(18)19)3-2-4-15-13(20)17-8-7-16-6-5-14-11(16)9-17/h5-6,10H,2-4,7-9H2,1H3,(H,15,20)(H,18,19). The summed E-state index contributed by atoms with van der Waals surface area (Å²) in [6, 6.07) is -0.109. The largest absolute Gasteiger partial charge is 0.481 e. The second-order valence-electron chi connectivity index (χ2n) is 5.07. The second-order valence-corrected chi connectivity index (χ2v) is 5.07. The average Bonchev–Trinajstić information content (AvgIpc) is 2.90. The van der Waals surface area contributed by atoms with Crippen molar-refractivity contribution in [3.8, 4) is 0 Å². The molecule has 1 aliphatic rings. The molecule has 0 aromatic carbocycles. The molecule has 0 aliphatic carbocycles. The normalized spacial score (nSPS) is 15.6. The van der Waals surface area contributed by atoms with E-state index in [1.165, 1.54) is 0 Å². The number of fused-ring (bicyclic) bond motifs is 1. The Kier molecular flexibility index (Phi) is 4.60. The number of urea groups is 1. The van der Waals surface area contributed by atoms with Gasteiger partial charge < -0.3 is 19.9 Å². The summed E-state index contributed by atoms with van der Waals surface area (Å²) in [6.45, 7) is 4.12. The highest BCUT2D eigenvalue weighted by molar-refractivity contribution is 5.74. The third-order valence-corrected chi connectivity index (χ3v) is 3.54. The van der Waals surface area contributed by atoms with Crippen LogP contribution in [0, 0.1) is 5.92 Å². The fraction of sp³-hybridized carbons (Fsp3) is 0.615. The van der Waals surface area contributed by atoms with Crippen molar-refractivity contribution in [3.05, 3.63) is 18.2 Å². The van der Waals surface area contributed by atoms with Gasteiger partial charge in [0, 0.05) is 32.0 Å². The van der Waals surface area contributed by atoms with Gasteiger partial charge in [-0.1, -0.05) is 6.92 Å². The molecule has 2 amide bonds. The molecule has 2 rings (SSSR count). The minimum Gasteiger partial charge on any atom is -0.481 e. The van der Waals surface area contributed by atoms with Gasteiger partial charge in [-0.05, 0) is 12.8 Å². The van der Waals surface area contributed by atoms with Crippen LogP contribution in [0.2, 0.25) is 0 Å². The molecule has 2 heterocycles. The van der Waals surface area contributed by atoms with E-state index in [9.17, 15) is 9.59 Å². The summed E-state index contributed by atoms with van der Waals surface area (Å²) in [4.78, 5) is 28.6. The van der Waals surface area contributed by atoms with Gasteiger partial charge in [0.2, 0.25) is 0 Å². The lowest BCUT2D eigenvalue weighted by molar-refractivity contribution is -0.141. The third-order valence-electron chi connectivity index (χ3n) is 3.54. The number of hydrogen-bond donors (Lipinski definition) is 2. The van der Waals surface area contributed by atoms with Crippen molar-refractivity contribution in [2.24, 2.45) is 5.92 Å². The number of aromatic nitrogens is 2. The van der Waals surface area contributed by atoms with Gasteiger partial charge in [-0.2, -0.15) is 0 Å². The molecule has 1 aromatic rings. The van der Waals surface area contributed by atoms with E-state index in [1.54, 1.807) is 18.0 Å². The zero-order valence-electron chi connectivity index (χ0n) is 11.6. The molecule has 0 saturated carbocycles. The Morgan fingerprint density at radius 3 is 3.05 bits per heavy atom. The SMILES string of the molecule is CC(CCCNC(=O)N1CCn2ccnc2C1)C(=O)O. The van der Waals surface area contributed by atoms with Gasteiger partial charge in [-0.25, -0.2) is 9.78 Å². The number of amides is 2. The molecule has 7 heteroatoms. The topological polar surface area (TPSA) is 87.5 Å². The smallest absolute Gasteiger partial charge is 0.317 e. The van der Waals surface area contributed by atoms with E-state index in [0.717, 1.165) is 12.4 Å². The van der Waals surface area contributed by atoms with Gasteiger partial charge >= 0.3 is 12.0 Å². The van der Waals surface area contributed by atoms with Gasteiger partial charge in [0.25, 0.3) is 0 Å². The summed E-state index contributed by atoms with van der Waals surface area (Å²) in [5, 5.41) is 11.6. The summed E-state index contributed by atoms with van der Waals surface area (Å²) in [5.74, 6) is -0.264. The molecule has 20 heavy (non-hydrogen) atoms.